The molecule has 0 saturated carbocycles. The third-order valence-corrected chi connectivity index (χ3v) is 230. The molecular formula is C16H46Si8. The molecule has 0 radical (unpaired) electrons. The van der Waals surface area contributed by atoms with Crippen molar-refractivity contribution in [2.24, 2.45) is 0 Å². The standard InChI is InChI=1S/C16H46Si8/c1-17(2,3)23-15-16-24(18(4,5)6,21(11,12)19(23,7)8)22(13,14)20(23,9)10/h15-16H2,1-14H3. The van der Waals surface area contributed by atoms with E-state index in [1.54, 1.807) is 0 Å². The van der Waals surface area contributed by atoms with Crippen molar-refractivity contribution in [3.63, 3.8) is 0 Å². The zero-order chi connectivity index (χ0) is 19.4. The van der Waals surface area contributed by atoms with Gasteiger partial charge in [-0.25, -0.2) is 0 Å². The fourth-order valence-corrected chi connectivity index (χ4v) is 432. The molecule has 0 atom stereocenters. The van der Waals surface area contributed by atoms with E-state index in [0.29, 0.717) is 0 Å². The maximum Gasteiger partial charge on any atom is 0.0331 e. The van der Waals surface area contributed by atoms with Gasteiger partial charge in [-0.2, -0.15) is 0 Å². The van der Waals surface area contributed by atoms with Gasteiger partial charge >= 0.3 is 0 Å². The molecule has 24 heavy (non-hydrogen) atoms. The highest BCUT2D eigenvalue weighted by Gasteiger charge is 2.87. The SMILES string of the molecule is C[Si](C)(C)[Si]12CC[Si]([Si](C)(C)C)([Si](C)(C)[Si]1(C)C)[Si](C)(C)[Si]2(C)C. The van der Waals surface area contributed by atoms with Crippen molar-refractivity contribution in [3.8, 4) is 0 Å². The molecule has 2 bridgehead atoms. The summed E-state index contributed by atoms with van der Waals surface area (Å²) in [6.07, 6.45) is 0. The Morgan fingerprint density at radius 3 is 0.708 bits per heavy atom. The molecule has 142 valence electrons. The summed E-state index contributed by atoms with van der Waals surface area (Å²) < 4.78 is 0. The van der Waals surface area contributed by atoms with Crippen molar-refractivity contribution < 1.29 is 0 Å². The fourth-order valence-electron chi connectivity index (χ4n) is 9.82. The van der Waals surface area contributed by atoms with Gasteiger partial charge in [-0.15, -0.1) is 0 Å². The van der Waals surface area contributed by atoms with Gasteiger partial charge in [0.05, 0.1) is 0 Å². The van der Waals surface area contributed by atoms with Gasteiger partial charge in [-0.05, 0) is 0 Å². The van der Waals surface area contributed by atoms with Crippen LogP contribution in [-0.2, 0) is 0 Å². The quantitative estimate of drug-likeness (QED) is 0.438. The molecule has 0 N–H and O–H groups in total. The lowest BCUT2D eigenvalue weighted by Gasteiger charge is -2.84. The van der Waals surface area contributed by atoms with Gasteiger partial charge < -0.3 is 0 Å². The monoisotopic (exact) mass is 462 g/mol. The molecule has 3 aliphatic heterocycles. The zero-order valence-electron chi connectivity index (χ0n) is 19.4. The first-order valence-corrected chi connectivity index (χ1v) is 41.6. The molecule has 0 aromatic heterocycles. The Bertz CT molecular complexity index is 469. The summed E-state index contributed by atoms with van der Waals surface area (Å²) in [6, 6.07) is 3.70. The van der Waals surface area contributed by atoms with Crippen LogP contribution >= 0.6 is 0 Å². The van der Waals surface area contributed by atoms with Crippen LogP contribution in [0.3, 0.4) is 0 Å². The third-order valence-electron chi connectivity index (χ3n) is 10.8. The van der Waals surface area contributed by atoms with E-state index in [0.717, 1.165) is 0 Å². The summed E-state index contributed by atoms with van der Waals surface area (Å²) in [4.78, 5) is 0. The summed E-state index contributed by atoms with van der Waals surface area (Å²) in [7, 11) is -6.31. The third kappa shape index (κ3) is 1.88. The Morgan fingerprint density at radius 2 is 0.583 bits per heavy atom. The van der Waals surface area contributed by atoms with E-state index in [2.05, 4.69) is 91.7 Å². The van der Waals surface area contributed by atoms with Gasteiger partial charge in [0, 0.05) is 56.9 Å². The van der Waals surface area contributed by atoms with Gasteiger partial charge in [0.15, 0.2) is 0 Å². The number of hydrogen-bond acceptors (Lipinski definition) is 0. The van der Waals surface area contributed by atoms with Crippen LogP contribution in [0.15, 0.2) is 0 Å². The Morgan fingerprint density at radius 1 is 0.417 bits per heavy atom. The van der Waals surface area contributed by atoms with Crippen LogP contribution in [0.1, 0.15) is 0 Å². The first-order valence-electron chi connectivity index (χ1n) is 10.2. The van der Waals surface area contributed by atoms with Crippen molar-refractivity contribution in [2.45, 2.75) is 104 Å². The van der Waals surface area contributed by atoms with Crippen LogP contribution in [0.2, 0.25) is 104 Å². The minimum absolute atomic E-state index is 1.04. The van der Waals surface area contributed by atoms with E-state index < -0.39 is 56.9 Å². The van der Waals surface area contributed by atoms with Crippen LogP contribution in [0.4, 0.5) is 0 Å². The maximum atomic E-state index is 3.02. The lowest BCUT2D eigenvalue weighted by molar-refractivity contribution is 1.35. The minimum atomic E-state index is -1.06. The minimum Gasteiger partial charge on any atom is -0.0737 e. The van der Waals surface area contributed by atoms with Crippen molar-refractivity contribution in [1.29, 1.82) is 0 Å². The molecule has 0 amide bonds. The normalized spacial score (nSPS) is 39.8. The van der Waals surface area contributed by atoms with E-state index in [1.807, 2.05) is 12.1 Å². The van der Waals surface area contributed by atoms with E-state index in [-0.39, 0.29) is 0 Å². The molecule has 0 spiro atoms. The van der Waals surface area contributed by atoms with E-state index in [1.165, 1.54) is 0 Å². The summed E-state index contributed by atoms with van der Waals surface area (Å²) in [6.45, 7) is 39.2. The molecule has 8 heteroatoms. The molecule has 0 unspecified atom stereocenters. The van der Waals surface area contributed by atoms with E-state index in [9.17, 15) is 0 Å². The predicted octanol–water partition coefficient (Wildman–Crippen LogP) is 6.05. The molecule has 3 heterocycles. The highest BCUT2D eigenvalue weighted by atomic mass is 30.4. The van der Waals surface area contributed by atoms with Crippen molar-refractivity contribution in [2.75, 3.05) is 0 Å². The molecule has 0 aromatic rings. The van der Waals surface area contributed by atoms with Gasteiger partial charge in [-0.1, -0.05) is 104 Å². The second-order valence-electron chi connectivity index (χ2n) is 13.3. The average molecular weight is 463 g/mol. The van der Waals surface area contributed by atoms with Gasteiger partial charge in [0.1, 0.15) is 0 Å². The highest BCUT2D eigenvalue weighted by molar-refractivity contribution is 8.26. The van der Waals surface area contributed by atoms with Gasteiger partial charge in [-0.3, -0.25) is 0 Å². The van der Waals surface area contributed by atoms with Crippen LogP contribution in [0.5, 0.6) is 0 Å². The molecule has 0 aliphatic carbocycles. The topological polar surface area (TPSA) is 0 Å². The van der Waals surface area contributed by atoms with Crippen LogP contribution < -0.4 is 0 Å². The van der Waals surface area contributed by atoms with Crippen LogP contribution in [0, 0.1) is 0 Å². The molecular weight excluding hydrogens is 417 g/mol. The van der Waals surface area contributed by atoms with E-state index in [4.69, 9.17) is 0 Å². The van der Waals surface area contributed by atoms with Crippen molar-refractivity contribution in [1.82, 2.24) is 0 Å². The van der Waals surface area contributed by atoms with Crippen molar-refractivity contribution >= 4 is 56.9 Å². The fraction of sp³-hybridized carbons (Fsp3) is 1.00. The lowest BCUT2D eigenvalue weighted by Crippen LogP contribution is -3.11. The lowest BCUT2D eigenvalue weighted by atomic mass is 11.0. The molecule has 3 aliphatic rings. The largest absolute Gasteiger partial charge is 0.0737 e. The van der Waals surface area contributed by atoms with Gasteiger partial charge in [0.2, 0.25) is 0 Å². The molecule has 0 nitrogen and oxygen atoms in total. The summed E-state index contributed by atoms with van der Waals surface area (Å²) in [5.74, 6) is 0. The first-order chi connectivity index (χ1) is 10.2. The summed E-state index contributed by atoms with van der Waals surface area (Å²) in [5, 5.41) is 0. The molecule has 3 saturated heterocycles. The Kier molecular flexibility index (Phi) is 4.78. The number of rotatable bonds is 2. The summed E-state index contributed by atoms with van der Waals surface area (Å²) >= 11 is 0. The predicted molar refractivity (Wildman–Crippen MR) is 138 cm³/mol. The average Bonchev–Trinajstić information content (AvgIpc) is 2.26. The highest BCUT2D eigenvalue weighted by Crippen LogP contribution is 2.63. The first kappa shape index (κ1) is 22.0. The second kappa shape index (κ2) is 5.21. The van der Waals surface area contributed by atoms with E-state index >= 15 is 0 Å². The Balaban J connectivity index is 3.03. The maximum absolute atomic E-state index is 3.02. The van der Waals surface area contributed by atoms with Crippen molar-refractivity contribution in [3.05, 3.63) is 0 Å². The molecule has 3 fully saturated rings. The number of fused-ring (bicyclic) bond motifs is 3. The van der Waals surface area contributed by atoms with Crippen LogP contribution in [-0.4, -0.2) is 56.9 Å². The second-order valence-corrected chi connectivity index (χ2v) is 109. The Labute approximate surface area is 160 Å². The molecule has 3 rings (SSSR count). The Hall–Kier alpha value is 1.74. The molecule has 0 aromatic carbocycles. The summed E-state index contributed by atoms with van der Waals surface area (Å²) in [5.41, 5.74) is 0. The van der Waals surface area contributed by atoms with Crippen LogP contribution in [0.25, 0.3) is 0 Å². The zero-order valence-corrected chi connectivity index (χ0v) is 27.4. The smallest absolute Gasteiger partial charge is 0.0331 e. The number of hydrogen-bond donors (Lipinski definition) is 0. The van der Waals surface area contributed by atoms with Gasteiger partial charge in [0.25, 0.3) is 0 Å².